The van der Waals surface area contributed by atoms with Gasteiger partial charge >= 0.3 is 0 Å². The Labute approximate surface area is 149 Å². The van der Waals surface area contributed by atoms with Crippen LogP contribution in [0.4, 0.5) is 0 Å². The fraction of sp³-hybridized carbons (Fsp3) is 0.526. The number of para-hydroxylation sites is 1. The summed E-state index contributed by atoms with van der Waals surface area (Å²) >= 11 is 0. The number of nitrogens with zero attached hydrogens (tertiary/aromatic N) is 4. The maximum atomic E-state index is 9.41. The molecule has 1 aliphatic rings. The molecule has 2 heterocycles. The van der Waals surface area contributed by atoms with Gasteiger partial charge in [-0.1, -0.05) is 18.2 Å². The summed E-state index contributed by atoms with van der Waals surface area (Å²) in [6.07, 6.45) is 2.10. The number of aromatic nitrogens is 2. The minimum atomic E-state index is 0.176. The summed E-state index contributed by atoms with van der Waals surface area (Å²) in [7, 11) is 0. The van der Waals surface area contributed by atoms with Gasteiger partial charge < -0.3 is 9.84 Å². The minimum Gasteiger partial charge on any atom is -0.395 e. The summed E-state index contributed by atoms with van der Waals surface area (Å²) in [5, 5.41) is 14.1. The molecule has 0 atom stereocenters. The lowest BCUT2D eigenvalue weighted by Crippen LogP contribution is -2.41. The van der Waals surface area contributed by atoms with Crippen molar-refractivity contribution in [2.24, 2.45) is 0 Å². The van der Waals surface area contributed by atoms with Gasteiger partial charge in [-0.05, 0) is 19.1 Å². The molecule has 25 heavy (non-hydrogen) atoms. The Morgan fingerprint density at radius 3 is 2.64 bits per heavy atom. The van der Waals surface area contributed by atoms with Crippen molar-refractivity contribution in [3.8, 4) is 5.69 Å². The number of rotatable bonds is 8. The van der Waals surface area contributed by atoms with Crippen LogP contribution in [-0.2, 0) is 11.3 Å². The number of aliphatic hydroxyl groups excluding tert-OH is 1. The van der Waals surface area contributed by atoms with Crippen LogP contribution in [0.3, 0.4) is 0 Å². The third-order valence-corrected chi connectivity index (χ3v) is 4.67. The fourth-order valence-electron chi connectivity index (χ4n) is 3.12. The van der Waals surface area contributed by atoms with Gasteiger partial charge in [0, 0.05) is 51.0 Å². The first-order valence-electron chi connectivity index (χ1n) is 9.00. The highest BCUT2D eigenvalue weighted by Gasteiger charge is 2.15. The molecule has 3 rings (SSSR count). The second-order valence-corrected chi connectivity index (χ2v) is 6.47. The van der Waals surface area contributed by atoms with Crippen LogP contribution < -0.4 is 0 Å². The van der Waals surface area contributed by atoms with E-state index in [0.29, 0.717) is 6.54 Å². The third kappa shape index (κ3) is 5.12. The summed E-state index contributed by atoms with van der Waals surface area (Å²) in [6, 6.07) is 10.2. The van der Waals surface area contributed by atoms with Crippen molar-refractivity contribution in [2.45, 2.75) is 13.5 Å². The summed E-state index contributed by atoms with van der Waals surface area (Å²) in [5.74, 6) is 0. The Kier molecular flexibility index (Phi) is 6.58. The van der Waals surface area contributed by atoms with Gasteiger partial charge in [0.15, 0.2) is 0 Å². The van der Waals surface area contributed by atoms with Crippen molar-refractivity contribution in [2.75, 3.05) is 52.5 Å². The standard InChI is InChI=1S/C19H28N4O2/c1-17-18(16-23(20-17)19-5-3-2-4-6-19)15-22(9-12-24)8-7-21-10-13-25-14-11-21/h2-6,16,24H,7-15H2,1H3. The van der Waals surface area contributed by atoms with Gasteiger partial charge in [0.1, 0.15) is 0 Å². The van der Waals surface area contributed by atoms with E-state index in [1.54, 1.807) is 0 Å². The molecule has 0 aliphatic carbocycles. The molecule has 1 aromatic heterocycles. The van der Waals surface area contributed by atoms with Crippen LogP contribution in [0, 0.1) is 6.92 Å². The van der Waals surface area contributed by atoms with Crippen LogP contribution in [0.15, 0.2) is 36.5 Å². The predicted octanol–water partition coefficient (Wildman–Crippen LogP) is 1.31. The largest absolute Gasteiger partial charge is 0.395 e. The van der Waals surface area contributed by atoms with Gasteiger partial charge in [0.05, 0.1) is 31.2 Å². The zero-order valence-corrected chi connectivity index (χ0v) is 15.0. The zero-order chi connectivity index (χ0) is 17.5. The number of aliphatic hydroxyl groups is 1. The number of benzene rings is 1. The maximum absolute atomic E-state index is 9.41. The smallest absolute Gasteiger partial charge is 0.0645 e. The van der Waals surface area contributed by atoms with E-state index in [4.69, 9.17) is 4.74 Å². The van der Waals surface area contributed by atoms with Crippen LogP contribution in [0.1, 0.15) is 11.3 Å². The van der Waals surface area contributed by atoms with Gasteiger partial charge in [-0.2, -0.15) is 5.10 Å². The molecule has 0 saturated carbocycles. The first-order valence-corrected chi connectivity index (χ1v) is 9.00. The number of hydrogen-bond donors (Lipinski definition) is 1. The van der Waals surface area contributed by atoms with Crippen LogP contribution >= 0.6 is 0 Å². The predicted molar refractivity (Wildman–Crippen MR) is 97.9 cm³/mol. The maximum Gasteiger partial charge on any atom is 0.0645 e. The van der Waals surface area contributed by atoms with E-state index in [2.05, 4.69) is 33.2 Å². The van der Waals surface area contributed by atoms with Gasteiger partial charge in [0.2, 0.25) is 0 Å². The van der Waals surface area contributed by atoms with E-state index in [1.165, 1.54) is 5.56 Å². The van der Waals surface area contributed by atoms with Crippen molar-refractivity contribution in [1.29, 1.82) is 0 Å². The Morgan fingerprint density at radius 1 is 1.16 bits per heavy atom. The number of hydrogen-bond acceptors (Lipinski definition) is 5. The topological polar surface area (TPSA) is 53.8 Å². The van der Waals surface area contributed by atoms with Crippen LogP contribution in [0.5, 0.6) is 0 Å². The van der Waals surface area contributed by atoms with E-state index in [-0.39, 0.29) is 6.61 Å². The van der Waals surface area contributed by atoms with E-state index >= 15 is 0 Å². The van der Waals surface area contributed by atoms with Crippen LogP contribution in [0.2, 0.25) is 0 Å². The highest BCUT2D eigenvalue weighted by Crippen LogP contribution is 2.14. The molecule has 2 aromatic rings. The molecule has 1 N–H and O–H groups in total. The monoisotopic (exact) mass is 344 g/mol. The molecule has 1 saturated heterocycles. The van der Waals surface area contributed by atoms with Crippen molar-refractivity contribution in [3.63, 3.8) is 0 Å². The van der Waals surface area contributed by atoms with E-state index in [1.807, 2.05) is 29.8 Å². The molecule has 1 fully saturated rings. The fourth-order valence-corrected chi connectivity index (χ4v) is 3.12. The average molecular weight is 344 g/mol. The van der Waals surface area contributed by atoms with Gasteiger partial charge in [-0.15, -0.1) is 0 Å². The highest BCUT2D eigenvalue weighted by molar-refractivity contribution is 5.32. The first kappa shape index (κ1) is 18.1. The molecule has 6 heteroatoms. The van der Waals surface area contributed by atoms with Crippen molar-refractivity contribution in [1.82, 2.24) is 19.6 Å². The SMILES string of the molecule is Cc1nn(-c2ccccc2)cc1CN(CCO)CCN1CCOCC1. The molecule has 1 aliphatic heterocycles. The lowest BCUT2D eigenvalue weighted by molar-refractivity contribution is 0.0320. The molecule has 0 unspecified atom stereocenters. The molecule has 1 aromatic carbocycles. The Hall–Kier alpha value is -1.73. The van der Waals surface area contributed by atoms with Crippen molar-refractivity contribution >= 4 is 0 Å². The third-order valence-electron chi connectivity index (χ3n) is 4.67. The average Bonchev–Trinajstić information content (AvgIpc) is 3.02. The molecular weight excluding hydrogens is 316 g/mol. The molecule has 0 amide bonds. The number of aryl methyl sites for hydroxylation is 1. The first-order chi connectivity index (χ1) is 12.3. The summed E-state index contributed by atoms with van der Waals surface area (Å²) < 4.78 is 7.34. The molecule has 6 nitrogen and oxygen atoms in total. The highest BCUT2D eigenvalue weighted by atomic mass is 16.5. The Balaban J connectivity index is 1.62. The molecule has 136 valence electrons. The molecule has 0 radical (unpaired) electrons. The lowest BCUT2D eigenvalue weighted by atomic mass is 10.2. The normalized spacial score (nSPS) is 15.8. The van der Waals surface area contributed by atoms with E-state index in [9.17, 15) is 5.11 Å². The van der Waals surface area contributed by atoms with Crippen molar-refractivity contribution < 1.29 is 9.84 Å². The quantitative estimate of drug-likeness (QED) is 0.782. The number of morpholine rings is 1. The summed E-state index contributed by atoms with van der Waals surface area (Å²) in [6.45, 7) is 9.31. The minimum absolute atomic E-state index is 0.176. The number of ether oxygens (including phenoxy) is 1. The molecular formula is C19H28N4O2. The summed E-state index contributed by atoms with van der Waals surface area (Å²) in [5.41, 5.74) is 3.32. The molecule has 0 bridgehead atoms. The molecule has 0 spiro atoms. The van der Waals surface area contributed by atoms with Crippen LogP contribution in [-0.4, -0.2) is 77.2 Å². The van der Waals surface area contributed by atoms with Crippen molar-refractivity contribution in [3.05, 3.63) is 47.8 Å². The van der Waals surface area contributed by atoms with E-state index in [0.717, 1.165) is 57.3 Å². The zero-order valence-electron chi connectivity index (χ0n) is 15.0. The van der Waals surface area contributed by atoms with Gasteiger partial charge in [-0.25, -0.2) is 4.68 Å². The van der Waals surface area contributed by atoms with Crippen LogP contribution in [0.25, 0.3) is 5.69 Å². The second kappa shape index (κ2) is 9.10. The Morgan fingerprint density at radius 2 is 1.92 bits per heavy atom. The lowest BCUT2D eigenvalue weighted by Gasteiger charge is -2.29. The van der Waals surface area contributed by atoms with Gasteiger partial charge in [0.25, 0.3) is 0 Å². The Bertz CT molecular complexity index is 638. The van der Waals surface area contributed by atoms with E-state index < -0.39 is 0 Å². The second-order valence-electron chi connectivity index (χ2n) is 6.47. The summed E-state index contributed by atoms with van der Waals surface area (Å²) in [4.78, 5) is 4.73. The van der Waals surface area contributed by atoms with Gasteiger partial charge in [-0.3, -0.25) is 9.80 Å².